The van der Waals surface area contributed by atoms with Crippen LogP contribution in [0.4, 0.5) is 0 Å². The zero-order valence-corrected chi connectivity index (χ0v) is 10.2. The van der Waals surface area contributed by atoms with Crippen LogP contribution in [0.5, 0.6) is 0 Å². The van der Waals surface area contributed by atoms with Gasteiger partial charge in [0.2, 0.25) is 0 Å². The van der Waals surface area contributed by atoms with Crippen molar-refractivity contribution in [1.82, 2.24) is 0 Å². The molecule has 0 amide bonds. The fraction of sp³-hybridized carbons (Fsp3) is 1.00. The van der Waals surface area contributed by atoms with Crippen molar-refractivity contribution in [2.75, 3.05) is 0 Å². The normalized spacial score (nSPS) is 10.8. The van der Waals surface area contributed by atoms with Crippen LogP contribution in [-0.4, -0.2) is 46.3 Å². The molecular weight excluding hydrogens is 166 g/mol. The Morgan fingerprint density at radius 2 is 1.11 bits per heavy atom. The zero-order valence-electron chi connectivity index (χ0n) is 6.29. The van der Waals surface area contributed by atoms with Crippen molar-refractivity contribution in [3.63, 3.8) is 0 Å². The molecule has 0 bridgehead atoms. The third-order valence-corrected chi connectivity index (χ3v) is 0. The van der Waals surface area contributed by atoms with Gasteiger partial charge in [0, 0.05) is 0 Å². The van der Waals surface area contributed by atoms with Gasteiger partial charge in [0.05, 0.1) is 0 Å². The average Bonchev–Trinajstić information content (AvgIpc) is 1.19. The smallest absolute Gasteiger partial charge is 0.324 e. The fourth-order valence-corrected chi connectivity index (χ4v) is 0. The van der Waals surface area contributed by atoms with Gasteiger partial charge in [-0.25, -0.2) is 0 Å². The summed E-state index contributed by atoms with van der Waals surface area (Å²) in [5.41, 5.74) is 0. The topological polar surface area (TPSA) is 60.7 Å². The minimum Gasteiger partial charge on any atom is -0.328 e. The maximum Gasteiger partial charge on any atom is 0.324 e. The summed E-state index contributed by atoms with van der Waals surface area (Å²) >= 11 is 1.45. The number of rotatable bonds is 0. The van der Waals surface area contributed by atoms with Crippen LogP contribution < -0.4 is 0 Å². The van der Waals surface area contributed by atoms with Crippen LogP contribution >= 0.6 is 8.60 Å². The Morgan fingerprint density at radius 1 is 1.11 bits per heavy atom. The van der Waals surface area contributed by atoms with Crippen molar-refractivity contribution < 1.29 is 14.7 Å². The SMILES string of the molecule is C[Si](C)(C)[Na].OP(O)O. The van der Waals surface area contributed by atoms with Crippen LogP contribution in [0.15, 0.2) is 0 Å². The number of hydrogen-bond acceptors (Lipinski definition) is 3. The first-order chi connectivity index (χ1) is 3.73. The van der Waals surface area contributed by atoms with Gasteiger partial charge in [-0.3, -0.25) is 0 Å². The molecule has 0 aliphatic carbocycles. The van der Waals surface area contributed by atoms with E-state index in [9.17, 15) is 0 Å². The molecule has 3 nitrogen and oxygen atoms in total. The van der Waals surface area contributed by atoms with Gasteiger partial charge in [-0.2, -0.15) is 0 Å². The van der Waals surface area contributed by atoms with E-state index in [2.05, 4.69) is 19.6 Å². The first-order valence-electron chi connectivity index (χ1n) is 2.60. The molecule has 0 fully saturated rings. The molecule has 9 heavy (non-hydrogen) atoms. The van der Waals surface area contributed by atoms with E-state index < -0.39 is 13.2 Å². The molecule has 6 heteroatoms. The van der Waals surface area contributed by atoms with Gasteiger partial charge in [0.15, 0.2) is 0 Å². The summed E-state index contributed by atoms with van der Waals surface area (Å²) < 4.78 is -0.472. The van der Waals surface area contributed by atoms with Gasteiger partial charge >= 0.3 is 59.9 Å². The van der Waals surface area contributed by atoms with Gasteiger partial charge in [-0.05, 0) is 0 Å². The molecule has 0 heterocycles. The van der Waals surface area contributed by atoms with E-state index >= 15 is 0 Å². The van der Waals surface area contributed by atoms with E-state index in [4.69, 9.17) is 14.7 Å². The molecule has 0 unspecified atom stereocenters. The van der Waals surface area contributed by atoms with Gasteiger partial charge in [0.25, 0.3) is 0 Å². The van der Waals surface area contributed by atoms with Gasteiger partial charge in [-0.15, -0.1) is 0 Å². The second-order valence-electron chi connectivity index (χ2n) is 3.27. The first-order valence-corrected chi connectivity index (χ1v) is 10.8. The molecule has 0 saturated heterocycles. The molecular formula is C3H12NaO3PSi. The minimum absolute atomic E-state index is 0.472. The van der Waals surface area contributed by atoms with Crippen LogP contribution in [0.1, 0.15) is 0 Å². The summed E-state index contributed by atoms with van der Waals surface area (Å²) in [4.78, 5) is 21.7. The fourth-order valence-electron chi connectivity index (χ4n) is 0. The van der Waals surface area contributed by atoms with Crippen LogP contribution in [-0.2, 0) is 0 Å². The van der Waals surface area contributed by atoms with E-state index in [-0.39, 0.29) is 0 Å². The monoisotopic (exact) mass is 178 g/mol. The predicted molar refractivity (Wildman–Crippen MR) is 42.7 cm³/mol. The molecule has 0 aromatic rings. The quantitative estimate of drug-likeness (QED) is 0.366. The minimum atomic E-state index is -2.62. The molecule has 0 radical (unpaired) electrons. The number of hydrogen-bond donors (Lipinski definition) is 3. The maximum absolute atomic E-state index is 7.23. The molecule has 0 rings (SSSR count). The molecule has 0 saturated carbocycles. The second-order valence-corrected chi connectivity index (χ2v) is 18.8. The van der Waals surface area contributed by atoms with Crippen molar-refractivity contribution in [3.8, 4) is 0 Å². The van der Waals surface area contributed by atoms with Crippen LogP contribution in [0, 0.1) is 0 Å². The molecule has 0 aliphatic heterocycles. The van der Waals surface area contributed by atoms with Gasteiger partial charge in [-0.1, -0.05) is 0 Å². The second kappa shape index (κ2) is 6.25. The summed E-state index contributed by atoms with van der Waals surface area (Å²) in [6.07, 6.45) is 0. The Kier molecular flexibility index (Phi) is 9.13. The summed E-state index contributed by atoms with van der Waals surface area (Å²) in [6, 6.07) is 0. The predicted octanol–water partition coefficient (Wildman–Crippen LogP) is 0.180. The molecule has 0 aliphatic rings. The Morgan fingerprint density at radius 3 is 1.11 bits per heavy atom. The van der Waals surface area contributed by atoms with Crippen molar-refractivity contribution in [2.45, 2.75) is 19.6 Å². The standard InChI is InChI=1S/C3H9Si.Na.H3O3P/c1-4(2)3;;1-4(2)3/h1-3H3;;1-3H. The zero-order chi connectivity index (χ0) is 8.08. The third-order valence-electron chi connectivity index (χ3n) is 0. The summed E-state index contributed by atoms with van der Waals surface area (Å²) in [5, 5.41) is 0. The third kappa shape index (κ3) is 232. The van der Waals surface area contributed by atoms with Gasteiger partial charge < -0.3 is 14.7 Å². The van der Waals surface area contributed by atoms with E-state index in [0.717, 1.165) is 0 Å². The van der Waals surface area contributed by atoms with Crippen molar-refractivity contribution >= 4 is 40.3 Å². The van der Waals surface area contributed by atoms with E-state index in [1.54, 1.807) is 0 Å². The van der Waals surface area contributed by atoms with Crippen LogP contribution in [0.2, 0.25) is 19.6 Å². The average molecular weight is 178 g/mol. The molecule has 0 aromatic carbocycles. The molecule has 0 aromatic heterocycles. The molecule has 0 atom stereocenters. The Balaban J connectivity index is 0. The van der Waals surface area contributed by atoms with Crippen molar-refractivity contribution in [3.05, 3.63) is 0 Å². The van der Waals surface area contributed by atoms with Gasteiger partial charge in [0.1, 0.15) is 0 Å². The Labute approximate surface area is 74.3 Å². The molecule has 52 valence electrons. The first kappa shape index (κ1) is 13.1. The van der Waals surface area contributed by atoms with E-state index in [0.29, 0.717) is 0 Å². The van der Waals surface area contributed by atoms with E-state index in [1.165, 1.54) is 27.0 Å². The Hall–Kier alpha value is 1.53. The summed E-state index contributed by atoms with van der Waals surface area (Å²) in [6.45, 7) is 7.16. The Bertz CT molecular complexity index is 55.8. The molecule has 0 spiro atoms. The van der Waals surface area contributed by atoms with Crippen LogP contribution in [0.3, 0.4) is 0 Å². The molecule has 3 N–H and O–H groups in total. The van der Waals surface area contributed by atoms with Crippen molar-refractivity contribution in [2.24, 2.45) is 0 Å². The summed E-state index contributed by atoms with van der Waals surface area (Å²) in [7, 11) is -2.62. The van der Waals surface area contributed by atoms with Crippen molar-refractivity contribution in [1.29, 1.82) is 0 Å². The van der Waals surface area contributed by atoms with E-state index in [1.807, 2.05) is 0 Å². The van der Waals surface area contributed by atoms with Crippen LogP contribution in [0.25, 0.3) is 0 Å². The summed E-state index contributed by atoms with van der Waals surface area (Å²) in [5.74, 6) is 0. The maximum atomic E-state index is 7.23. The largest absolute Gasteiger partial charge is 0.328 e.